The van der Waals surface area contributed by atoms with Crippen LogP contribution in [0.1, 0.15) is 34.4 Å². The minimum absolute atomic E-state index is 0.0614. The molecule has 6 rings (SSSR count). The fourth-order valence-corrected chi connectivity index (χ4v) is 4.94. The molecular weight excluding hydrogens is 480 g/mol. The summed E-state index contributed by atoms with van der Waals surface area (Å²) in [4.78, 5) is 24.7. The maximum absolute atomic E-state index is 13.2. The second kappa shape index (κ2) is 10.1. The first-order valence-corrected chi connectivity index (χ1v) is 12.8. The molecule has 1 amide bonds. The predicted molar refractivity (Wildman–Crippen MR) is 143 cm³/mol. The van der Waals surface area contributed by atoms with Gasteiger partial charge in [-0.05, 0) is 40.5 Å². The molecule has 1 fully saturated rings. The van der Waals surface area contributed by atoms with Gasteiger partial charge in [-0.3, -0.25) is 4.79 Å². The van der Waals surface area contributed by atoms with E-state index in [0.717, 1.165) is 51.2 Å². The lowest BCUT2D eigenvalue weighted by Gasteiger charge is -2.26. The van der Waals surface area contributed by atoms with Crippen LogP contribution in [-0.2, 0) is 17.7 Å². The van der Waals surface area contributed by atoms with Gasteiger partial charge >= 0.3 is 0 Å². The van der Waals surface area contributed by atoms with Crippen LogP contribution in [0.25, 0.3) is 33.7 Å². The minimum atomic E-state index is -0.0614. The van der Waals surface area contributed by atoms with Crippen molar-refractivity contribution in [2.75, 3.05) is 26.3 Å². The van der Waals surface area contributed by atoms with Crippen LogP contribution in [0.4, 0.5) is 0 Å². The summed E-state index contributed by atoms with van der Waals surface area (Å²) in [5.41, 5.74) is 7.11. The smallest absolute Gasteiger partial charge is 0.272 e. The number of carbonyl (C=O) groups is 1. The highest BCUT2D eigenvalue weighted by atomic mass is 16.5. The molecule has 0 spiro atoms. The number of fused-ring (bicyclic) bond motifs is 1. The Hall–Kier alpha value is -4.44. The van der Waals surface area contributed by atoms with Gasteiger partial charge in [0, 0.05) is 25.1 Å². The van der Waals surface area contributed by atoms with E-state index in [9.17, 15) is 4.79 Å². The molecule has 0 bridgehead atoms. The lowest BCUT2D eigenvalue weighted by atomic mass is 9.98. The lowest BCUT2D eigenvalue weighted by molar-refractivity contribution is 0.0299. The molecular formula is C28H28N8O2. The van der Waals surface area contributed by atoms with E-state index >= 15 is 0 Å². The van der Waals surface area contributed by atoms with E-state index in [-0.39, 0.29) is 5.91 Å². The summed E-state index contributed by atoms with van der Waals surface area (Å²) in [7, 11) is 0. The van der Waals surface area contributed by atoms with E-state index in [1.807, 2.05) is 36.1 Å². The van der Waals surface area contributed by atoms with Crippen molar-refractivity contribution in [2.24, 2.45) is 0 Å². The standard InChI is InChI=1S/C28H28N8O2/c1-3-24-30-25-18(2)16-23(28(37)35-12-14-38-15-13-35)29-27(25)36(24)17-19-8-10-20(11-9-19)21-6-4-5-7-22(21)26-31-33-34-32-26/h4-11,16H,3,12-15,17H2,1-2H3,(H,31,32,33,34). The molecule has 4 heterocycles. The number of ether oxygens (including phenoxy) is 1. The Morgan fingerprint density at radius 1 is 1.03 bits per heavy atom. The van der Waals surface area contributed by atoms with Gasteiger partial charge in [0.1, 0.15) is 17.0 Å². The molecule has 1 aliphatic heterocycles. The number of aromatic amines is 1. The molecule has 0 radical (unpaired) electrons. The molecule has 10 nitrogen and oxygen atoms in total. The second-order valence-corrected chi connectivity index (χ2v) is 9.35. The molecule has 1 aliphatic rings. The maximum Gasteiger partial charge on any atom is 0.272 e. The third-order valence-corrected chi connectivity index (χ3v) is 6.93. The number of hydrogen-bond acceptors (Lipinski definition) is 7. The molecule has 10 heteroatoms. The van der Waals surface area contributed by atoms with Crippen LogP contribution >= 0.6 is 0 Å². The number of morpholine rings is 1. The molecule has 5 aromatic rings. The summed E-state index contributed by atoms with van der Waals surface area (Å²) < 4.78 is 7.53. The zero-order chi connectivity index (χ0) is 26.1. The van der Waals surface area contributed by atoms with Gasteiger partial charge in [-0.25, -0.2) is 9.97 Å². The van der Waals surface area contributed by atoms with Crippen LogP contribution in [-0.4, -0.2) is 72.3 Å². The van der Waals surface area contributed by atoms with E-state index < -0.39 is 0 Å². The number of pyridine rings is 1. The van der Waals surface area contributed by atoms with Crippen molar-refractivity contribution < 1.29 is 9.53 Å². The molecule has 3 aromatic heterocycles. The Kier molecular flexibility index (Phi) is 6.38. The number of nitrogens with zero attached hydrogens (tertiary/aromatic N) is 7. The Balaban J connectivity index is 1.33. The van der Waals surface area contributed by atoms with Crippen molar-refractivity contribution in [3.05, 3.63) is 77.2 Å². The Morgan fingerprint density at radius 3 is 2.50 bits per heavy atom. The van der Waals surface area contributed by atoms with E-state index in [1.54, 1.807) is 0 Å². The van der Waals surface area contributed by atoms with Crippen molar-refractivity contribution in [2.45, 2.75) is 26.8 Å². The number of hydrogen-bond donors (Lipinski definition) is 1. The van der Waals surface area contributed by atoms with Crippen LogP contribution < -0.4 is 0 Å². The third kappa shape index (κ3) is 4.43. The van der Waals surface area contributed by atoms with E-state index in [1.165, 1.54) is 0 Å². The molecule has 1 N–H and O–H groups in total. The van der Waals surface area contributed by atoms with Gasteiger partial charge in [0.25, 0.3) is 5.91 Å². The van der Waals surface area contributed by atoms with Gasteiger partial charge in [-0.1, -0.05) is 55.5 Å². The van der Waals surface area contributed by atoms with Crippen LogP contribution in [0.3, 0.4) is 0 Å². The summed E-state index contributed by atoms with van der Waals surface area (Å²) in [6.45, 7) is 6.96. The summed E-state index contributed by atoms with van der Waals surface area (Å²) in [6, 6.07) is 18.3. The van der Waals surface area contributed by atoms with Gasteiger partial charge in [-0.15, -0.1) is 10.2 Å². The SMILES string of the molecule is CCc1nc2c(C)cc(C(=O)N3CCOCC3)nc2n1Cc1ccc(-c2ccccc2-c2nn[nH]n2)cc1. The quantitative estimate of drug-likeness (QED) is 0.372. The lowest BCUT2D eigenvalue weighted by Crippen LogP contribution is -2.41. The van der Waals surface area contributed by atoms with Crippen LogP contribution in [0.2, 0.25) is 0 Å². The summed E-state index contributed by atoms with van der Waals surface area (Å²) in [5.74, 6) is 1.44. The predicted octanol–water partition coefficient (Wildman–Crippen LogP) is 3.67. The Morgan fingerprint density at radius 2 is 1.79 bits per heavy atom. The highest BCUT2D eigenvalue weighted by Gasteiger charge is 2.23. The van der Waals surface area contributed by atoms with Gasteiger partial charge in [-0.2, -0.15) is 5.21 Å². The van der Waals surface area contributed by atoms with Gasteiger partial charge < -0.3 is 14.2 Å². The van der Waals surface area contributed by atoms with E-state index in [2.05, 4.69) is 62.4 Å². The number of imidazole rings is 1. The number of amides is 1. The first-order chi connectivity index (χ1) is 18.6. The monoisotopic (exact) mass is 508 g/mol. The fourth-order valence-electron chi connectivity index (χ4n) is 4.94. The molecule has 0 saturated carbocycles. The van der Waals surface area contributed by atoms with Crippen molar-refractivity contribution in [3.63, 3.8) is 0 Å². The topological polar surface area (TPSA) is 115 Å². The van der Waals surface area contributed by atoms with E-state index in [0.29, 0.717) is 44.4 Å². The summed E-state index contributed by atoms with van der Waals surface area (Å²) in [5, 5.41) is 14.5. The van der Waals surface area contributed by atoms with Crippen LogP contribution in [0, 0.1) is 6.92 Å². The molecule has 0 unspecified atom stereocenters. The average molecular weight is 509 g/mol. The molecule has 0 aliphatic carbocycles. The number of carbonyl (C=O) groups excluding carboxylic acids is 1. The molecule has 38 heavy (non-hydrogen) atoms. The number of rotatable bonds is 6. The normalized spacial score (nSPS) is 13.8. The number of aryl methyl sites for hydroxylation is 2. The third-order valence-electron chi connectivity index (χ3n) is 6.93. The van der Waals surface area contributed by atoms with E-state index in [4.69, 9.17) is 14.7 Å². The zero-order valence-corrected chi connectivity index (χ0v) is 21.4. The highest BCUT2D eigenvalue weighted by Crippen LogP contribution is 2.30. The zero-order valence-electron chi connectivity index (χ0n) is 21.4. The average Bonchev–Trinajstić information content (AvgIpc) is 3.62. The summed E-state index contributed by atoms with van der Waals surface area (Å²) >= 11 is 0. The number of tetrazole rings is 1. The van der Waals surface area contributed by atoms with Crippen LogP contribution in [0.5, 0.6) is 0 Å². The number of H-pyrrole nitrogens is 1. The maximum atomic E-state index is 13.2. The molecule has 2 aromatic carbocycles. The van der Waals surface area contributed by atoms with Crippen molar-refractivity contribution in [1.82, 2.24) is 40.1 Å². The van der Waals surface area contributed by atoms with Crippen molar-refractivity contribution in [1.29, 1.82) is 0 Å². The number of aromatic nitrogens is 7. The first kappa shape index (κ1) is 23.9. The van der Waals surface area contributed by atoms with Crippen LogP contribution in [0.15, 0.2) is 54.6 Å². The number of nitrogens with one attached hydrogen (secondary N) is 1. The fraction of sp³-hybridized carbons (Fsp3) is 0.286. The minimum Gasteiger partial charge on any atom is -0.378 e. The molecule has 1 saturated heterocycles. The van der Waals surface area contributed by atoms with Gasteiger partial charge in [0.15, 0.2) is 5.65 Å². The van der Waals surface area contributed by atoms with Crippen molar-refractivity contribution >= 4 is 17.1 Å². The number of benzene rings is 2. The van der Waals surface area contributed by atoms with Gasteiger partial charge in [0.05, 0.1) is 19.8 Å². The Labute approximate surface area is 219 Å². The summed E-state index contributed by atoms with van der Waals surface area (Å²) in [6.07, 6.45) is 0.763. The van der Waals surface area contributed by atoms with Gasteiger partial charge in [0.2, 0.25) is 5.82 Å². The second-order valence-electron chi connectivity index (χ2n) is 9.35. The largest absolute Gasteiger partial charge is 0.378 e. The first-order valence-electron chi connectivity index (χ1n) is 12.8. The Bertz CT molecular complexity index is 1590. The molecule has 0 atom stereocenters. The highest BCUT2D eigenvalue weighted by molar-refractivity contribution is 5.95. The van der Waals surface area contributed by atoms with Crippen molar-refractivity contribution in [3.8, 4) is 22.5 Å². The molecule has 192 valence electrons.